The Morgan fingerprint density at radius 2 is 2.32 bits per heavy atom. The quantitative estimate of drug-likeness (QED) is 0.666. The number of fused-ring (bicyclic) bond motifs is 1. The average molecular weight is 339 g/mol. The van der Waals surface area contributed by atoms with E-state index in [4.69, 9.17) is 10.6 Å². The van der Waals surface area contributed by atoms with Crippen molar-refractivity contribution in [2.45, 2.75) is 19.4 Å². The van der Waals surface area contributed by atoms with Crippen LogP contribution in [-0.4, -0.2) is 6.61 Å². The molecule has 1 atom stereocenters. The molecule has 19 heavy (non-hydrogen) atoms. The van der Waals surface area contributed by atoms with Gasteiger partial charge in [0.15, 0.2) is 0 Å². The van der Waals surface area contributed by atoms with Gasteiger partial charge in [-0.1, -0.05) is 18.2 Å². The van der Waals surface area contributed by atoms with Gasteiger partial charge in [0.2, 0.25) is 0 Å². The largest absolute Gasteiger partial charge is 0.493 e. The number of hydrogen-bond donors (Lipinski definition) is 2. The first kappa shape index (κ1) is 13.1. The van der Waals surface area contributed by atoms with E-state index < -0.39 is 0 Å². The molecule has 3 N–H and O–H groups in total. The molecule has 0 spiro atoms. The lowest BCUT2D eigenvalue weighted by atomic mass is 10.0. The van der Waals surface area contributed by atoms with Crippen molar-refractivity contribution in [3.8, 4) is 5.75 Å². The highest BCUT2D eigenvalue weighted by Crippen LogP contribution is 2.39. The van der Waals surface area contributed by atoms with Crippen LogP contribution < -0.4 is 16.0 Å². The van der Waals surface area contributed by atoms with Gasteiger partial charge < -0.3 is 4.74 Å². The van der Waals surface area contributed by atoms with Crippen LogP contribution in [0.4, 0.5) is 0 Å². The van der Waals surface area contributed by atoms with Crippen LogP contribution in [0.1, 0.15) is 27.6 Å². The monoisotopic (exact) mass is 338 g/mol. The third kappa shape index (κ3) is 2.31. The number of hydrazine groups is 1. The van der Waals surface area contributed by atoms with E-state index in [-0.39, 0.29) is 6.04 Å². The molecule has 0 bridgehead atoms. The Morgan fingerprint density at radius 1 is 1.47 bits per heavy atom. The van der Waals surface area contributed by atoms with Gasteiger partial charge in [-0.05, 0) is 40.0 Å². The molecule has 3 rings (SSSR count). The van der Waals surface area contributed by atoms with E-state index in [2.05, 4.69) is 52.5 Å². The maximum Gasteiger partial charge on any atom is 0.127 e. The molecular formula is C14H15BrN2OS. The number of nitrogens with one attached hydrogen (secondary N) is 1. The molecule has 0 fully saturated rings. The third-order valence-electron chi connectivity index (χ3n) is 3.38. The summed E-state index contributed by atoms with van der Waals surface area (Å²) in [7, 11) is 0. The van der Waals surface area contributed by atoms with Gasteiger partial charge in [0.05, 0.1) is 16.4 Å². The van der Waals surface area contributed by atoms with E-state index in [1.807, 2.05) is 0 Å². The number of thiophene rings is 1. The lowest BCUT2D eigenvalue weighted by Crippen LogP contribution is -2.28. The first-order valence-corrected chi connectivity index (χ1v) is 7.78. The van der Waals surface area contributed by atoms with E-state index >= 15 is 0 Å². The van der Waals surface area contributed by atoms with E-state index in [0.717, 1.165) is 28.1 Å². The van der Waals surface area contributed by atoms with Crippen molar-refractivity contribution in [2.75, 3.05) is 6.61 Å². The molecule has 1 aromatic carbocycles. The fraction of sp³-hybridized carbons (Fsp3) is 0.286. The van der Waals surface area contributed by atoms with Crippen LogP contribution in [-0.2, 0) is 6.42 Å². The summed E-state index contributed by atoms with van der Waals surface area (Å²) in [5.74, 6) is 6.77. The molecular weight excluding hydrogens is 324 g/mol. The Bertz CT molecular complexity index is 592. The second-order valence-corrected chi connectivity index (χ2v) is 7.04. The highest BCUT2D eigenvalue weighted by molar-refractivity contribution is 9.11. The number of hydrogen-bond acceptors (Lipinski definition) is 4. The SMILES string of the molecule is Cc1cc(C(NN)c2cccc3c2OCC3)sc1Br. The molecule has 0 aliphatic carbocycles. The highest BCUT2D eigenvalue weighted by Gasteiger charge is 2.24. The molecule has 1 aromatic heterocycles. The molecule has 1 aliphatic rings. The predicted molar refractivity (Wildman–Crippen MR) is 81.6 cm³/mol. The van der Waals surface area contributed by atoms with Gasteiger partial charge in [-0.25, -0.2) is 5.43 Å². The fourth-order valence-electron chi connectivity index (χ4n) is 2.42. The molecule has 1 unspecified atom stereocenters. The van der Waals surface area contributed by atoms with Gasteiger partial charge in [-0.2, -0.15) is 0 Å². The zero-order chi connectivity index (χ0) is 13.4. The van der Waals surface area contributed by atoms with Gasteiger partial charge in [-0.15, -0.1) is 11.3 Å². The summed E-state index contributed by atoms with van der Waals surface area (Å²) in [5.41, 5.74) is 6.53. The van der Waals surface area contributed by atoms with Crippen LogP contribution >= 0.6 is 27.3 Å². The number of para-hydroxylation sites is 1. The number of nitrogens with two attached hydrogens (primary N) is 1. The third-order valence-corrected chi connectivity index (χ3v) is 5.58. The van der Waals surface area contributed by atoms with Crippen LogP contribution in [0.25, 0.3) is 0 Å². The number of rotatable bonds is 3. The summed E-state index contributed by atoms with van der Waals surface area (Å²) in [5, 5.41) is 0. The minimum atomic E-state index is -0.0250. The molecule has 2 heterocycles. The van der Waals surface area contributed by atoms with Crippen molar-refractivity contribution < 1.29 is 4.74 Å². The molecule has 3 nitrogen and oxygen atoms in total. The molecule has 0 radical (unpaired) electrons. The predicted octanol–water partition coefficient (Wildman–Crippen LogP) is 3.31. The molecule has 1 aliphatic heterocycles. The maximum absolute atomic E-state index is 5.78. The van der Waals surface area contributed by atoms with Crippen molar-refractivity contribution >= 4 is 27.3 Å². The van der Waals surface area contributed by atoms with E-state index in [9.17, 15) is 0 Å². The zero-order valence-electron chi connectivity index (χ0n) is 10.6. The van der Waals surface area contributed by atoms with E-state index in [0.29, 0.717) is 0 Å². The highest BCUT2D eigenvalue weighted by atomic mass is 79.9. The second kappa shape index (κ2) is 5.25. The summed E-state index contributed by atoms with van der Waals surface area (Å²) in [6, 6.07) is 8.41. The summed E-state index contributed by atoms with van der Waals surface area (Å²) in [6.07, 6.45) is 0.980. The first-order chi connectivity index (χ1) is 9.20. The van der Waals surface area contributed by atoms with E-state index in [1.54, 1.807) is 11.3 Å². The Kier molecular flexibility index (Phi) is 3.62. The van der Waals surface area contributed by atoms with Crippen molar-refractivity contribution in [3.05, 3.63) is 49.6 Å². The lowest BCUT2D eigenvalue weighted by molar-refractivity contribution is 0.350. The van der Waals surface area contributed by atoms with Crippen LogP contribution in [0, 0.1) is 6.92 Å². The summed E-state index contributed by atoms with van der Waals surface area (Å²) < 4.78 is 6.92. The number of ether oxygens (including phenoxy) is 1. The molecule has 5 heteroatoms. The standard InChI is InChI=1S/C14H15BrN2OS/c1-8-7-11(19-14(8)15)12(17-16)10-4-2-3-9-5-6-18-13(9)10/h2-4,7,12,17H,5-6,16H2,1H3. The Hall–Kier alpha value is -0.880. The number of halogens is 1. The minimum Gasteiger partial charge on any atom is -0.493 e. The van der Waals surface area contributed by atoms with Crippen LogP contribution in [0.2, 0.25) is 0 Å². The normalized spacial score (nSPS) is 15.1. The van der Waals surface area contributed by atoms with Crippen molar-refractivity contribution in [1.82, 2.24) is 5.43 Å². The molecule has 2 aromatic rings. The zero-order valence-corrected chi connectivity index (χ0v) is 13.0. The minimum absolute atomic E-state index is 0.0250. The molecule has 0 amide bonds. The Labute approximate surface area is 124 Å². The summed E-state index contributed by atoms with van der Waals surface area (Å²) in [4.78, 5) is 1.19. The molecule has 0 saturated heterocycles. The van der Waals surface area contributed by atoms with Crippen LogP contribution in [0.15, 0.2) is 28.1 Å². The van der Waals surface area contributed by atoms with Crippen molar-refractivity contribution in [3.63, 3.8) is 0 Å². The van der Waals surface area contributed by atoms with Gasteiger partial charge in [0.1, 0.15) is 5.75 Å². The van der Waals surface area contributed by atoms with Gasteiger partial charge >= 0.3 is 0 Å². The Balaban J connectivity index is 2.06. The fourth-order valence-corrected chi connectivity index (χ4v) is 4.07. The smallest absolute Gasteiger partial charge is 0.127 e. The van der Waals surface area contributed by atoms with Crippen molar-refractivity contribution in [2.24, 2.45) is 5.84 Å². The summed E-state index contributed by atoms with van der Waals surface area (Å²) in [6.45, 7) is 2.85. The lowest BCUT2D eigenvalue weighted by Gasteiger charge is -2.17. The molecule has 0 saturated carbocycles. The van der Waals surface area contributed by atoms with Crippen molar-refractivity contribution in [1.29, 1.82) is 0 Å². The van der Waals surface area contributed by atoms with Crippen LogP contribution in [0.3, 0.4) is 0 Å². The average Bonchev–Trinajstić information content (AvgIpc) is 2.99. The van der Waals surface area contributed by atoms with Gasteiger partial charge in [0.25, 0.3) is 0 Å². The first-order valence-electron chi connectivity index (χ1n) is 6.17. The second-order valence-electron chi connectivity index (χ2n) is 4.64. The van der Waals surface area contributed by atoms with Gasteiger partial charge in [-0.3, -0.25) is 5.84 Å². The van der Waals surface area contributed by atoms with E-state index in [1.165, 1.54) is 16.0 Å². The number of aryl methyl sites for hydroxylation is 1. The number of benzene rings is 1. The summed E-state index contributed by atoms with van der Waals surface area (Å²) >= 11 is 5.27. The maximum atomic E-state index is 5.78. The van der Waals surface area contributed by atoms with Gasteiger partial charge in [0, 0.05) is 16.9 Å². The Morgan fingerprint density at radius 3 is 3.00 bits per heavy atom. The topological polar surface area (TPSA) is 47.3 Å². The molecule has 100 valence electrons. The van der Waals surface area contributed by atoms with Crippen LogP contribution in [0.5, 0.6) is 5.75 Å².